The summed E-state index contributed by atoms with van der Waals surface area (Å²) < 4.78 is 42.9. The Morgan fingerprint density at radius 3 is 2.72 bits per heavy atom. The summed E-state index contributed by atoms with van der Waals surface area (Å²) in [4.78, 5) is 22.8. The average Bonchev–Trinajstić information content (AvgIpc) is 3.35. The first-order valence-corrected chi connectivity index (χ1v) is 12.3. The summed E-state index contributed by atoms with van der Waals surface area (Å²) in [6.45, 7) is 2.86. The molecular weight excluding hydrogens is 509 g/mol. The monoisotopic (exact) mass is 534 g/mol. The SMILES string of the molecule is O=C(CNc1ccc(CN2CCNCC2)c(C(F)(F)F)c1)Nc1cc(C#Cc2cnc3cccnn23)ccn1. The topological polar surface area (TPSA) is 99.5 Å². The smallest absolute Gasteiger partial charge is 0.376 e. The molecule has 1 fully saturated rings. The number of halogens is 3. The minimum absolute atomic E-state index is 0.204. The third-order valence-corrected chi connectivity index (χ3v) is 6.11. The number of nitrogens with one attached hydrogen (secondary N) is 3. The van der Waals surface area contributed by atoms with Gasteiger partial charge in [0.05, 0.1) is 18.3 Å². The van der Waals surface area contributed by atoms with Crippen LogP contribution in [-0.2, 0) is 17.5 Å². The summed E-state index contributed by atoms with van der Waals surface area (Å²) in [6.07, 6.45) is 0.257. The molecule has 1 saturated heterocycles. The fourth-order valence-electron chi connectivity index (χ4n) is 4.20. The van der Waals surface area contributed by atoms with Gasteiger partial charge >= 0.3 is 6.18 Å². The number of alkyl halides is 3. The fourth-order valence-corrected chi connectivity index (χ4v) is 4.20. The molecule has 9 nitrogen and oxygen atoms in total. The van der Waals surface area contributed by atoms with Crippen molar-refractivity contribution in [2.75, 3.05) is 43.4 Å². The molecule has 1 amide bonds. The number of aromatic nitrogens is 4. The van der Waals surface area contributed by atoms with Gasteiger partial charge in [0.25, 0.3) is 0 Å². The number of hydrogen-bond donors (Lipinski definition) is 3. The summed E-state index contributed by atoms with van der Waals surface area (Å²) >= 11 is 0. The number of nitrogens with zero attached hydrogens (tertiary/aromatic N) is 5. The molecule has 1 aromatic carbocycles. The number of imidazole rings is 1. The van der Waals surface area contributed by atoms with Gasteiger partial charge in [-0.3, -0.25) is 9.69 Å². The quantitative estimate of drug-likeness (QED) is 0.327. The van der Waals surface area contributed by atoms with Crippen molar-refractivity contribution in [3.8, 4) is 11.8 Å². The standard InChI is InChI=1S/C27H25F3N8O/c28-27(29,30)23-15-21(5-4-20(23)18-37-12-10-31-11-13-37)33-17-26(39)36-24-14-19(7-9-32-24)3-6-22-16-34-25-2-1-8-35-38(22)25/h1-2,4-5,7-9,14-16,31,33H,10-13,17-18H2,(H,32,36,39). The van der Waals surface area contributed by atoms with E-state index in [0.717, 1.165) is 19.2 Å². The number of hydrogen-bond acceptors (Lipinski definition) is 7. The Balaban J connectivity index is 1.21. The number of piperazine rings is 1. The highest BCUT2D eigenvalue weighted by molar-refractivity contribution is 5.93. The van der Waals surface area contributed by atoms with Crippen LogP contribution in [0.25, 0.3) is 5.65 Å². The Labute approximate surface area is 222 Å². The molecule has 3 N–H and O–H groups in total. The van der Waals surface area contributed by atoms with E-state index in [1.165, 1.54) is 12.3 Å². The van der Waals surface area contributed by atoms with Crippen LogP contribution in [0.15, 0.2) is 61.1 Å². The molecule has 0 aliphatic carbocycles. The highest BCUT2D eigenvalue weighted by Crippen LogP contribution is 2.34. The van der Waals surface area contributed by atoms with Crippen LogP contribution in [-0.4, -0.2) is 63.1 Å². The van der Waals surface area contributed by atoms with Crippen molar-refractivity contribution in [1.82, 2.24) is 29.8 Å². The number of fused-ring (bicyclic) bond motifs is 1. The second-order valence-corrected chi connectivity index (χ2v) is 8.91. The maximum atomic E-state index is 13.8. The number of carbonyl (C=O) groups excluding carboxylic acids is 1. The first-order valence-electron chi connectivity index (χ1n) is 12.3. The van der Waals surface area contributed by atoms with Gasteiger partial charge in [-0.1, -0.05) is 12.0 Å². The van der Waals surface area contributed by atoms with Crippen molar-refractivity contribution >= 4 is 23.1 Å². The van der Waals surface area contributed by atoms with Gasteiger partial charge in [0.15, 0.2) is 5.65 Å². The van der Waals surface area contributed by atoms with E-state index in [1.54, 1.807) is 41.2 Å². The number of carbonyl (C=O) groups is 1. The van der Waals surface area contributed by atoms with Crippen LogP contribution >= 0.6 is 0 Å². The molecule has 12 heteroatoms. The van der Waals surface area contributed by atoms with Crippen molar-refractivity contribution < 1.29 is 18.0 Å². The molecule has 1 aliphatic rings. The molecule has 0 saturated carbocycles. The Kier molecular flexibility index (Phi) is 7.72. The number of anilines is 2. The minimum Gasteiger partial charge on any atom is -0.376 e. The summed E-state index contributed by atoms with van der Waals surface area (Å²) in [5, 5.41) is 12.8. The maximum Gasteiger partial charge on any atom is 0.416 e. The molecule has 5 rings (SSSR count). The lowest BCUT2D eigenvalue weighted by Gasteiger charge is -2.28. The Hall–Kier alpha value is -4.47. The second-order valence-electron chi connectivity index (χ2n) is 8.91. The van der Waals surface area contributed by atoms with Crippen LogP contribution in [0.5, 0.6) is 0 Å². The van der Waals surface area contributed by atoms with E-state index in [0.29, 0.717) is 30.0 Å². The van der Waals surface area contributed by atoms with Crippen molar-refractivity contribution in [2.24, 2.45) is 0 Å². The van der Waals surface area contributed by atoms with E-state index in [4.69, 9.17) is 0 Å². The van der Waals surface area contributed by atoms with Crippen LogP contribution in [0.3, 0.4) is 0 Å². The summed E-state index contributed by atoms with van der Waals surface area (Å²) in [6, 6.07) is 11.0. The van der Waals surface area contributed by atoms with Gasteiger partial charge in [0.2, 0.25) is 5.91 Å². The van der Waals surface area contributed by atoms with Crippen LogP contribution in [0.2, 0.25) is 0 Å². The van der Waals surface area contributed by atoms with Crippen molar-refractivity contribution in [2.45, 2.75) is 12.7 Å². The van der Waals surface area contributed by atoms with Crippen molar-refractivity contribution in [3.05, 3.63) is 83.4 Å². The highest BCUT2D eigenvalue weighted by atomic mass is 19.4. The Morgan fingerprint density at radius 2 is 1.90 bits per heavy atom. The molecule has 3 aromatic heterocycles. The molecule has 0 bridgehead atoms. The van der Waals surface area contributed by atoms with Crippen LogP contribution in [0, 0.1) is 11.8 Å². The molecule has 0 radical (unpaired) electrons. The fraction of sp³-hybridized carbons (Fsp3) is 0.259. The molecule has 0 spiro atoms. The molecule has 200 valence electrons. The van der Waals surface area contributed by atoms with E-state index < -0.39 is 17.6 Å². The number of pyridine rings is 1. The Morgan fingerprint density at radius 1 is 1.05 bits per heavy atom. The molecule has 39 heavy (non-hydrogen) atoms. The third kappa shape index (κ3) is 6.70. The molecule has 1 aliphatic heterocycles. The average molecular weight is 535 g/mol. The lowest BCUT2D eigenvalue weighted by atomic mass is 10.0. The normalized spacial score (nSPS) is 14.0. The molecule has 4 aromatic rings. The van der Waals surface area contributed by atoms with E-state index >= 15 is 0 Å². The molecule has 4 heterocycles. The van der Waals surface area contributed by atoms with Gasteiger partial charge in [-0.2, -0.15) is 18.3 Å². The van der Waals surface area contributed by atoms with Crippen LogP contribution in [0.4, 0.5) is 24.7 Å². The van der Waals surface area contributed by atoms with E-state index in [1.807, 2.05) is 11.0 Å². The third-order valence-electron chi connectivity index (χ3n) is 6.11. The maximum absolute atomic E-state index is 13.8. The first-order chi connectivity index (χ1) is 18.8. The summed E-state index contributed by atoms with van der Waals surface area (Å²) in [5.74, 6) is 5.80. The van der Waals surface area contributed by atoms with Crippen LogP contribution in [0.1, 0.15) is 22.4 Å². The first kappa shape index (κ1) is 26.1. The van der Waals surface area contributed by atoms with E-state index in [-0.39, 0.29) is 30.2 Å². The highest BCUT2D eigenvalue weighted by Gasteiger charge is 2.34. The zero-order chi connectivity index (χ0) is 27.2. The van der Waals surface area contributed by atoms with Gasteiger partial charge in [0.1, 0.15) is 11.5 Å². The second kappa shape index (κ2) is 11.5. The summed E-state index contributed by atoms with van der Waals surface area (Å²) in [7, 11) is 0. The lowest BCUT2D eigenvalue weighted by Crippen LogP contribution is -2.43. The molecular formula is C27H25F3N8O. The number of rotatable bonds is 6. The lowest BCUT2D eigenvalue weighted by molar-refractivity contribution is -0.138. The molecule has 0 unspecified atom stereocenters. The van der Waals surface area contributed by atoms with Crippen molar-refractivity contribution in [3.63, 3.8) is 0 Å². The van der Waals surface area contributed by atoms with Crippen LogP contribution < -0.4 is 16.0 Å². The van der Waals surface area contributed by atoms with Gasteiger partial charge in [0, 0.05) is 56.4 Å². The zero-order valence-corrected chi connectivity index (χ0v) is 20.8. The predicted octanol–water partition coefficient (Wildman–Crippen LogP) is 3.00. The van der Waals surface area contributed by atoms with E-state index in [9.17, 15) is 18.0 Å². The summed E-state index contributed by atoms with van der Waals surface area (Å²) in [5.41, 5.74) is 1.59. The van der Waals surface area contributed by atoms with Gasteiger partial charge in [-0.15, -0.1) is 0 Å². The van der Waals surface area contributed by atoms with Crippen molar-refractivity contribution in [1.29, 1.82) is 0 Å². The zero-order valence-electron chi connectivity index (χ0n) is 20.8. The minimum atomic E-state index is -4.51. The Bertz CT molecular complexity index is 1530. The predicted molar refractivity (Wildman–Crippen MR) is 140 cm³/mol. The van der Waals surface area contributed by atoms with Gasteiger partial charge in [-0.25, -0.2) is 14.5 Å². The van der Waals surface area contributed by atoms with E-state index in [2.05, 4.69) is 42.9 Å². The number of amides is 1. The van der Waals surface area contributed by atoms with Gasteiger partial charge < -0.3 is 16.0 Å². The van der Waals surface area contributed by atoms with Gasteiger partial charge in [-0.05, 0) is 47.9 Å². The number of benzene rings is 1. The molecule has 0 atom stereocenters. The largest absolute Gasteiger partial charge is 0.416 e.